The summed E-state index contributed by atoms with van der Waals surface area (Å²) in [5.41, 5.74) is 0.124. The molecule has 1 aromatic rings. The lowest BCUT2D eigenvalue weighted by molar-refractivity contribution is -0.384. The molecule has 0 bridgehead atoms. The Morgan fingerprint density at radius 1 is 1.55 bits per heavy atom. The molecule has 0 saturated heterocycles. The van der Waals surface area contributed by atoms with Gasteiger partial charge in [0.1, 0.15) is 18.0 Å². The van der Waals surface area contributed by atoms with E-state index in [0.29, 0.717) is 12.2 Å². The topological polar surface area (TPSA) is 92.9 Å². The lowest BCUT2D eigenvalue weighted by Gasteiger charge is -2.28. The third kappa shape index (κ3) is 3.59. The highest BCUT2D eigenvalue weighted by Gasteiger charge is 2.25. The van der Waals surface area contributed by atoms with Crippen molar-refractivity contribution in [1.82, 2.24) is 0 Å². The van der Waals surface area contributed by atoms with Gasteiger partial charge in [0.2, 0.25) is 0 Å². The second-order valence-electron chi connectivity index (χ2n) is 4.39. The first-order valence-corrected chi connectivity index (χ1v) is 6.21. The SMILES string of the molecule is CCC(C)N(CC(=O)O)c1ccc(OC)cc1[N+](=O)[O-]. The standard InChI is InChI=1S/C13H18N2O5/c1-4-9(2)14(8-13(16)17)11-6-5-10(20-3)7-12(11)15(18)19/h5-7,9H,4,8H2,1-3H3,(H,16,17). The molecule has 0 aromatic heterocycles. The highest BCUT2D eigenvalue weighted by molar-refractivity contribution is 5.77. The summed E-state index contributed by atoms with van der Waals surface area (Å²) < 4.78 is 4.97. The lowest BCUT2D eigenvalue weighted by atomic mass is 10.1. The fourth-order valence-corrected chi connectivity index (χ4v) is 1.86. The number of benzene rings is 1. The molecule has 0 radical (unpaired) electrons. The summed E-state index contributed by atoms with van der Waals surface area (Å²) in [6.07, 6.45) is 0.677. The normalized spacial score (nSPS) is 11.8. The maximum absolute atomic E-state index is 11.2. The van der Waals surface area contributed by atoms with E-state index >= 15 is 0 Å². The molecular formula is C13H18N2O5. The van der Waals surface area contributed by atoms with Crippen LogP contribution in [0.3, 0.4) is 0 Å². The summed E-state index contributed by atoms with van der Waals surface area (Å²) >= 11 is 0. The molecule has 0 aliphatic rings. The van der Waals surface area contributed by atoms with E-state index in [1.165, 1.54) is 24.1 Å². The minimum absolute atomic E-state index is 0.127. The Bertz CT molecular complexity index is 504. The maximum atomic E-state index is 11.2. The van der Waals surface area contributed by atoms with E-state index in [1.54, 1.807) is 6.07 Å². The summed E-state index contributed by atoms with van der Waals surface area (Å²) in [4.78, 5) is 23.1. The number of nitro groups is 1. The van der Waals surface area contributed by atoms with Crippen molar-refractivity contribution in [3.05, 3.63) is 28.3 Å². The zero-order valence-corrected chi connectivity index (χ0v) is 11.7. The molecule has 0 aliphatic carbocycles. The van der Waals surface area contributed by atoms with Gasteiger partial charge in [0.25, 0.3) is 5.69 Å². The number of nitrogens with zero attached hydrogens (tertiary/aromatic N) is 2. The van der Waals surface area contributed by atoms with Gasteiger partial charge in [-0.25, -0.2) is 0 Å². The van der Waals surface area contributed by atoms with Crippen LogP contribution in [0.1, 0.15) is 20.3 Å². The largest absolute Gasteiger partial charge is 0.496 e. The first-order chi connectivity index (χ1) is 9.40. The van der Waals surface area contributed by atoms with Crippen molar-refractivity contribution in [2.45, 2.75) is 26.3 Å². The first-order valence-electron chi connectivity index (χ1n) is 6.21. The van der Waals surface area contributed by atoms with Crippen LogP contribution in [0.2, 0.25) is 0 Å². The first kappa shape index (κ1) is 15.7. The van der Waals surface area contributed by atoms with E-state index in [0.717, 1.165) is 0 Å². The van der Waals surface area contributed by atoms with Gasteiger partial charge >= 0.3 is 5.97 Å². The zero-order chi connectivity index (χ0) is 15.3. The lowest BCUT2D eigenvalue weighted by Crippen LogP contribution is -2.37. The minimum Gasteiger partial charge on any atom is -0.496 e. The third-order valence-electron chi connectivity index (χ3n) is 3.12. The van der Waals surface area contributed by atoms with Crippen LogP contribution < -0.4 is 9.64 Å². The molecule has 0 heterocycles. The average molecular weight is 282 g/mol. The van der Waals surface area contributed by atoms with Gasteiger partial charge in [-0.15, -0.1) is 0 Å². The number of methoxy groups -OCH3 is 1. The van der Waals surface area contributed by atoms with Crippen molar-refractivity contribution in [2.24, 2.45) is 0 Å². The highest BCUT2D eigenvalue weighted by Crippen LogP contribution is 2.33. The Morgan fingerprint density at radius 2 is 2.20 bits per heavy atom. The summed E-state index contributed by atoms with van der Waals surface area (Å²) in [5.74, 6) is -0.671. The van der Waals surface area contributed by atoms with Gasteiger partial charge < -0.3 is 14.7 Å². The Morgan fingerprint density at radius 3 is 2.65 bits per heavy atom. The van der Waals surface area contributed by atoms with Crippen LogP contribution >= 0.6 is 0 Å². The molecule has 1 unspecified atom stereocenters. The molecule has 1 N–H and O–H groups in total. The van der Waals surface area contributed by atoms with Gasteiger partial charge in [-0.3, -0.25) is 14.9 Å². The van der Waals surface area contributed by atoms with Crippen LogP contribution in [-0.2, 0) is 4.79 Å². The Kier molecular flexibility index (Phi) is 5.31. The predicted molar refractivity (Wildman–Crippen MR) is 74.4 cm³/mol. The van der Waals surface area contributed by atoms with Crippen molar-refractivity contribution >= 4 is 17.3 Å². The van der Waals surface area contributed by atoms with Gasteiger partial charge in [-0.1, -0.05) is 6.92 Å². The molecule has 0 spiro atoms. The number of hydrogen-bond acceptors (Lipinski definition) is 5. The van der Waals surface area contributed by atoms with Crippen LogP contribution in [0.25, 0.3) is 0 Å². The number of rotatable bonds is 7. The van der Waals surface area contributed by atoms with E-state index in [1.807, 2.05) is 13.8 Å². The van der Waals surface area contributed by atoms with Gasteiger partial charge in [-0.2, -0.15) is 0 Å². The molecule has 1 aromatic carbocycles. The highest BCUT2D eigenvalue weighted by atomic mass is 16.6. The smallest absolute Gasteiger partial charge is 0.323 e. The molecule has 1 rings (SSSR count). The number of hydrogen-bond donors (Lipinski definition) is 1. The molecule has 0 saturated carbocycles. The molecule has 110 valence electrons. The van der Waals surface area contributed by atoms with Gasteiger partial charge in [0.05, 0.1) is 18.1 Å². The van der Waals surface area contributed by atoms with Crippen LogP contribution in [0.15, 0.2) is 18.2 Å². The zero-order valence-electron chi connectivity index (χ0n) is 11.7. The number of carboxylic acids is 1. The van der Waals surface area contributed by atoms with Crippen molar-refractivity contribution in [3.63, 3.8) is 0 Å². The summed E-state index contributed by atoms with van der Waals surface area (Å²) in [6, 6.07) is 4.27. The van der Waals surface area contributed by atoms with Crippen LogP contribution in [0, 0.1) is 10.1 Å². The van der Waals surface area contributed by atoms with E-state index in [9.17, 15) is 14.9 Å². The molecule has 1 atom stereocenters. The summed E-state index contributed by atoms with van der Waals surface area (Å²) in [5, 5.41) is 20.2. The molecule has 7 nitrogen and oxygen atoms in total. The third-order valence-corrected chi connectivity index (χ3v) is 3.12. The number of carboxylic acid groups (broad SMARTS) is 1. The van der Waals surface area contributed by atoms with E-state index in [-0.39, 0.29) is 24.0 Å². The van der Waals surface area contributed by atoms with Crippen molar-refractivity contribution in [2.75, 3.05) is 18.6 Å². The molecule has 0 aliphatic heterocycles. The Hall–Kier alpha value is -2.31. The van der Waals surface area contributed by atoms with Crippen LogP contribution in [0.5, 0.6) is 5.75 Å². The maximum Gasteiger partial charge on any atom is 0.323 e. The minimum atomic E-state index is -1.03. The molecule has 7 heteroatoms. The van der Waals surface area contributed by atoms with Crippen molar-refractivity contribution in [1.29, 1.82) is 0 Å². The van der Waals surface area contributed by atoms with Crippen molar-refractivity contribution < 1.29 is 19.6 Å². The van der Waals surface area contributed by atoms with Crippen LogP contribution in [0.4, 0.5) is 11.4 Å². The molecular weight excluding hydrogens is 264 g/mol. The second kappa shape index (κ2) is 6.74. The van der Waals surface area contributed by atoms with Gasteiger partial charge in [0.15, 0.2) is 0 Å². The molecule has 20 heavy (non-hydrogen) atoms. The van der Waals surface area contributed by atoms with E-state index in [4.69, 9.17) is 9.84 Å². The molecule has 0 amide bonds. The van der Waals surface area contributed by atoms with E-state index < -0.39 is 10.9 Å². The number of anilines is 1. The van der Waals surface area contributed by atoms with Crippen molar-refractivity contribution in [3.8, 4) is 5.75 Å². The fraction of sp³-hybridized carbons (Fsp3) is 0.462. The number of nitro benzene ring substituents is 1. The number of ether oxygens (including phenoxy) is 1. The predicted octanol–water partition coefficient (Wildman–Crippen LogP) is 2.29. The Labute approximate surface area is 116 Å². The molecule has 0 fully saturated rings. The van der Waals surface area contributed by atoms with Crippen LogP contribution in [-0.4, -0.2) is 35.7 Å². The Balaban J connectivity index is 3.30. The summed E-state index contributed by atoms with van der Waals surface area (Å²) in [6.45, 7) is 3.44. The quantitative estimate of drug-likeness (QED) is 0.609. The van der Waals surface area contributed by atoms with Gasteiger partial charge in [-0.05, 0) is 25.5 Å². The number of carbonyl (C=O) groups is 1. The average Bonchev–Trinajstić information content (AvgIpc) is 2.43. The second-order valence-corrected chi connectivity index (χ2v) is 4.39. The number of aliphatic carboxylic acids is 1. The van der Waals surface area contributed by atoms with E-state index in [2.05, 4.69) is 0 Å². The van der Waals surface area contributed by atoms with Gasteiger partial charge in [0, 0.05) is 6.04 Å². The summed E-state index contributed by atoms with van der Waals surface area (Å²) in [7, 11) is 1.42. The monoisotopic (exact) mass is 282 g/mol. The fourth-order valence-electron chi connectivity index (χ4n) is 1.86.